The number of nitrogens with two attached hydrogens (primary N) is 1. The topological polar surface area (TPSA) is 66.6 Å². The number of carbonyl (C=O) groups is 2. The van der Waals surface area contributed by atoms with Gasteiger partial charge in [-0.3, -0.25) is 9.59 Å². The van der Waals surface area contributed by atoms with Gasteiger partial charge in [0.25, 0.3) is 5.91 Å². The van der Waals surface area contributed by atoms with Gasteiger partial charge in [0.15, 0.2) is 0 Å². The summed E-state index contributed by atoms with van der Waals surface area (Å²) in [5.74, 6) is -0.249. The van der Waals surface area contributed by atoms with Crippen LogP contribution in [-0.4, -0.2) is 53.8 Å². The third-order valence-electron chi connectivity index (χ3n) is 5.03. The molecule has 0 aromatic heterocycles. The number of rotatable bonds is 2. The van der Waals surface area contributed by atoms with Crippen LogP contribution in [0.3, 0.4) is 0 Å². The molecule has 2 amide bonds. The van der Waals surface area contributed by atoms with Gasteiger partial charge in [0, 0.05) is 43.7 Å². The van der Waals surface area contributed by atoms with Gasteiger partial charge < -0.3 is 15.5 Å². The molecule has 1 heterocycles. The fourth-order valence-electron chi connectivity index (χ4n) is 3.62. The van der Waals surface area contributed by atoms with E-state index >= 15 is 0 Å². The lowest BCUT2D eigenvalue weighted by Crippen LogP contribution is -2.52. The standard InChI is InChI=1S/C18H24FN3O2.ClH/c19-15-6-4-13(5-7-15)17(23)21-8-10-22(11-9-21)18(24)14-2-1-3-16(20)12-14;/h4-7,14,16H,1-3,8-12,20H2;1H. The average molecular weight is 370 g/mol. The SMILES string of the molecule is Cl.NC1CCCC(C(=O)N2CCN(C(=O)c3ccc(F)cc3)CC2)C1. The molecule has 138 valence electrons. The summed E-state index contributed by atoms with van der Waals surface area (Å²) in [5, 5.41) is 0. The normalized spacial score (nSPS) is 23.8. The molecule has 2 N–H and O–H groups in total. The molecule has 0 bridgehead atoms. The number of piperazine rings is 1. The van der Waals surface area contributed by atoms with Crippen LogP contribution in [0.25, 0.3) is 0 Å². The minimum absolute atomic E-state index is 0. The summed E-state index contributed by atoms with van der Waals surface area (Å²) in [6, 6.07) is 5.71. The molecule has 1 aliphatic carbocycles. The number of nitrogens with zero attached hydrogens (tertiary/aromatic N) is 2. The fourth-order valence-corrected chi connectivity index (χ4v) is 3.62. The van der Waals surface area contributed by atoms with E-state index in [1.807, 2.05) is 4.90 Å². The van der Waals surface area contributed by atoms with Crippen LogP contribution < -0.4 is 5.73 Å². The van der Waals surface area contributed by atoms with Crippen LogP contribution in [0.2, 0.25) is 0 Å². The molecule has 2 unspecified atom stereocenters. The monoisotopic (exact) mass is 369 g/mol. The highest BCUT2D eigenvalue weighted by Gasteiger charge is 2.31. The zero-order valence-corrected chi connectivity index (χ0v) is 15.0. The summed E-state index contributed by atoms with van der Waals surface area (Å²) < 4.78 is 13.0. The molecule has 0 radical (unpaired) electrons. The fraction of sp³-hybridized carbons (Fsp3) is 0.556. The van der Waals surface area contributed by atoms with Gasteiger partial charge in [-0.1, -0.05) is 6.42 Å². The Hall–Kier alpha value is -1.66. The molecule has 25 heavy (non-hydrogen) atoms. The maximum Gasteiger partial charge on any atom is 0.253 e. The highest BCUT2D eigenvalue weighted by atomic mass is 35.5. The predicted octanol–water partition coefficient (Wildman–Crippen LogP) is 2.05. The Kier molecular flexibility index (Phi) is 6.79. The van der Waals surface area contributed by atoms with Gasteiger partial charge >= 0.3 is 0 Å². The Labute approximate surface area is 153 Å². The first-order chi connectivity index (χ1) is 11.5. The van der Waals surface area contributed by atoms with Gasteiger partial charge in [-0.05, 0) is 43.5 Å². The van der Waals surface area contributed by atoms with E-state index in [9.17, 15) is 14.0 Å². The summed E-state index contributed by atoms with van der Waals surface area (Å²) in [7, 11) is 0. The Bertz CT molecular complexity index is 603. The van der Waals surface area contributed by atoms with Crippen LogP contribution >= 0.6 is 12.4 Å². The molecule has 1 aromatic carbocycles. The van der Waals surface area contributed by atoms with E-state index in [0.717, 1.165) is 25.7 Å². The zero-order chi connectivity index (χ0) is 17.1. The van der Waals surface area contributed by atoms with Crippen molar-refractivity contribution in [2.24, 2.45) is 11.7 Å². The summed E-state index contributed by atoms with van der Waals surface area (Å²) in [6.45, 7) is 2.14. The van der Waals surface area contributed by atoms with Crippen LogP contribution in [0.5, 0.6) is 0 Å². The van der Waals surface area contributed by atoms with Crippen molar-refractivity contribution >= 4 is 24.2 Å². The maximum atomic E-state index is 13.0. The average Bonchev–Trinajstić information content (AvgIpc) is 2.61. The van der Waals surface area contributed by atoms with E-state index in [-0.39, 0.29) is 42.0 Å². The zero-order valence-electron chi connectivity index (χ0n) is 14.2. The maximum absolute atomic E-state index is 13.0. The Morgan fingerprint density at radius 3 is 2.20 bits per heavy atom. The van der Waals surface area contributed by atoms with Gasteiger partial charge in [-0.25, -0.2) is 4.39 Å². The van der Waals surface area contributed by atoms with Crippen molar-refractivity contribution in [2.75, 3.05) is 26.2 Å². The lowest BCUT2D eigenvalue weighted by atomic mass is 9.85. The second kappa shape index (κ2) is 8.63. The highest BCUT2D eigenvalue weighted by Crippen LogP contribution is 2.25. The van der Waals surface area contributed by atoms with Crippen LogP contribution in [0, 0.1) is 11.7 Å². The van der Waals surface area contributed by atoms with E-state index in [2.05, 4.69) is 0 Å². The van der Waals surface area contributed by atoms with E-state index in [4.69, 9.17) is 5.73 Å². The first kappa shape index (κ1) is 19.7. The number of hydrogen-bond donors (Lipinski definition) is 1. The van der Waals surface area contributed by atoms with Gasteiger partial charge in [0.1, 0.15) is 5.82 Å². The molecule has 2 fully saturated rings. The first-order valence-electron chi connectivity index (χ1n) is 8.64. The minimum atomic E-state index is -0.354. The Morgan fingerprint density at radius 1 is 1.00 bits per heavy atom. The second-order valence-electron chi connectivity index (χ2n) is 6.75. The van der Waals surface area contributed by atoms with Gasteiger partial charge in [0.2, 0.25) is 5.91 Å². The van der Waals surface area contributed by atoms with E-state index in [1.54, 1.807) is 4.90 Å². The number of benzene rings is 1. The first-order valence-corrected chi connectivity index (χ1v) is 8.64. The van der Waals surface area contributed by atoms with Crippen molar-refractivity contribution in [3.8, 4) is 0 Å². The van der Waals surface area contributed by atoms with Gasteiger partial charge in [0.05, 0.1) is 0 Å². The lowest BCUT2D eigenvalue weighted by Gasteiger charge is -2.37. The van der Waals surface area contributed by atoms with E-state index in [1.165, 1.54) is 24.3 Å². The van der Waals surface area contributed by atoms with Crippen molar-refractivity contribution in [1.82, 2.24) is 9.80 Å². The lowest BCUT2D eigenvalue weighted by molar-refractivity contribution is -0.138. The number of amides is 2. The summed E-state index contributed by atoms with van der Waals surface area (Å²) in [5.41, 5.74) is 6.46. The van der Waals surface area contributed by atoms with Crippen LogP contribution in [0.15, 0.2) is 24.3 Å². The third-order valence-corrected chi connectivity index (χ3v) is 5.03. The Morgan fingerprint density at radius 2 is 1.60 bits per heavy atom. The van der Waals surface area contributed by atoms with Crippen molar-refractivity contribution < 1.29 is 14.0 Å². The van der Waals surface area contributed by atoms with Crippen molar-refractivity contribution in [1.29, 1.82) is 0 Å². The van der Waals surface area contributed by atoms with Gasteiger partial charge in [-0.2, -0.15) is 0 Å². The largest absolute Gasteiger partial charge is 0.339 e. The highest BCUT2D eigenvalue weighted by molar-refractivity contribution is 5.94. The van der Waals surface area contributed by atoms with E-state index < -0.39 is 0 Å². The Balaban J connectivity index is 0.00000225. The van der Waals surface area contributed by atoms with Gasteiger partial charge in [-0.15, -0.1) is 12.4 Å². The number of hydrogen-bond acceptors (Lipinski definition) is 3. The van der Waals surface area contributed by atoms with E-state index in [0.29, 0.717) is 31.7 Å². The molecule has 2 atom stereocenters. The molecule has 1 aromatic rings. The van der Waals surface area contributed by atoms with Crippen LogP contribution in [0.1, 0.15) is 36.0 Å². The smallest absolute Gasteiger partial charge is 0.253 e. The molecule has 7 heteroatoms. The molecule has 1 saturated carbocycles. The molecule has 0 spiro atoms. The molecular weight excluding hydrogens is 345 g/mol. The third kappa shape index (κ3) is 4.70. The van der Waals surface area contributed by atoms with Crippen LogP contribution in [-0.2, 0) is 4.79 Å². The number of carbonyl (C=O) groups excluding carboxylic acids is 2. The molecule has 1 saturated heterocycles. The summed E-state index contributed by atoms with van der Waals surface area (Å²) in [4.78, 5) is 28.6. The number of halogens is 2. The predicted molar refractivity (Wildman–Crippen MR) is 96.1 cm³/mol. The molecule has 5 nitrogen and oxygen atoms in total. The van der Waals surface area contributed by atoms with Crippen molar-refractivity contribution in [3.63, 3.8) is 0 Å². The van der Waals surface area contributed by atoms with Crippen molar-refractivity contribution in [3.05, 3.63) is 35.6 Å². The molecule has 2 aliphatic rings. The van der Waals surface area contributed by atoms with Crippen LogP contribution in [0.4, 0.5) is 4.39 Å². The molecule has 1 aliphatic heterocycles. The second-order valence-corrected chi connectivity index (χ2v) is 6.75. The summed E-state index contributed by atoms with van der Waals surface area (Å²) >= 11 is 0. The van der Waals surface area contributed by atoms with Crippen molar-refractivity contribution in [2.45, 2.75) is 31.7 Å². The molecule has 3 rings (SSSR count). The quantitative estimate of drug-likeness (QED) is 0.867. The summed E-state index contributed by atoms with van der Waals surface area (Å²) in [6.07, 6.45) is 3.71. The minimum Gasteiger partial charge on any atom is -0.339 e. The molecular formula is C18H25ClFN3O2.